The van der Waals surface area contributed by atoms with Gasteiger partial charge in [-0.1, -0.05) is 42.8 Å². The number of aliphatic imine (C=N–C) groups is 1. The Morgan fingerprint density at radius 1 is 1.11 bits per heavy atom. The summed E-state index contributed by atoms with van der Waals surface area (Å²) < 4.78 is 10.5. The van der Waals surface area contributed by atoms with Gasteiger partial charge in [0.15, 0.2) is 5.82 Å². The van der Waals surface area contributed by atoms with E-state index in [-0.39, 0.29) is 18.9 Å². The molecule has 0 radical (unpaired) electrons. The van der Waals surface area contributed by atoms with E-state index in [9.17, 15) is 9.59 Å². The number of rotatable bonds is 7. The molecule has 180 valence electrons. The van der Waals surface area contributed by atoms with Crippen LogP contribution in [0.15, 0.2) is 59.7 Å². The number of carbonyl (C=O) groups is 2. The third-order valence-electron chi connectivity index (χ3n) is 5.64. The molecule has 1 aromatic heterocycles. The number of anilines is 2. The molecular formula is C26H25ClN4O4. The number of fused-ring (bicyclic) bond motifs is 1. The van der Waals surface area contributed by atoms with Crippen LogP contribution in [0.25, 0.3) is 0 Å². The first-order valence-corrected chi connectivity index (χ1v) is 11.4. The molecule has 0 unspecified atom stereocenters. The van der Waals surface area contributed by atoms with E-state index >= 15 is 0 Å². The van der Waals surface area contributed by atoms with Crippen molar-refractivity contribution in [3.05, 3.63) is 70.9 Å². The van der Waals surface area contributed by atoms with Crippen LogP contribution in [-0.2, 0) is 16.0 Å². The Balaban J connectivity index is 1.59. The van der Waals surface area contributed by atoms with Crippen LogP contribution in [-0.4, -0.2) is 43.3 Å². The van der Waals surface area contributed by atoms with Gasteiger partial charge >= 0.3 is 0 Å². The highest BCUT2D eigenvalue weighted by Gasteiger charge is 2.28. The highest BCUT2D eigenvalue weighted by atomic mass is 35.5. The van der Waals surface area contributed by atoms with E-state index in [0.29, 0.717) is 39.4 Å². The number of nitrogens with zero attached hydrogens (tertiary/aromatic N) is 3. The maximum atomic E-state index is 13.3. The monoisotopic (exact) mass is 492 g/mol. The maximum absolute atomic E-state index is 13.3. The first-order chi connectivity index (χ1) is 16.9. The summed E-state index contributed by atoms with van der Waals surface area (Å²) in [6.07, 6.45) is 2.53. The molecule has 8 nitrogen and oxygen atoms in total. The summed E-state index contributed by atoms with van der Waals surface area (Å²) in [7, 11) is 2.96. The number of hydrogen-bond acceptors (Lipinski definition) is 6. The third-order valence-corrected chi connectivity index (χ3v) is 5.94. The van der Waals surface area contributed by atoms with Crippen molar-refractivity contribution in [3.63, 3.8) is 0 Å². The minimum absolute atomic E-state index is 0.0345. The Morgan fingerprint density at radius 2 is 1.86 bits per heavy atom. The lowest BCUT2D eigenvalue weighted by Crippen LogP contribution is -2.39. The molecule has 0 atom stereocenters. The highest BCUT2D eigenvalue weighted by molar-refractivity contribution is 6.32. The minimum atomic E-state index is -0.440. The first kappa shape index (κ1) is 24.2. The average Bonchev–Trinajstić information content (AvgIpc) is 3.00. The van der Waals surface area contributed by atoms with Gasteiger partial charge in [0.05, 0.1) is 37.1 Å². The summed E-state index contributed by atoms with van der Waals surface area (Å²) in [5.74, 6) is 0.397. The lowest BCUT2D eigenvalue weighted by molar-refractivity contribution is -0.120. The number of aryl methyl sites for hydroxylation is 1. The summed E-state index contributed by atoms with van der Waals surface area (Å²) in [5.41, 5.74) is 3.56. The molecule has 2 heterocycles. The Morgan fingerprint density at radius 3 is 2.54 bits per heavy atom. The number of halogens is 1. The van der Waals surface area contributed by atoms with Crippen LogP contribution in [0.2, 0.25) is 5.02 Å². The van der Waals surface area contributed by atoms with Crippen LogP contribution < -0.4 is 19.7 Å². The standard InChI is InChI=1S/C26H25ClN4O4/c1-4-16-7-9-17(10-8-16)20-13-25(33)31(26-19(29-20)6-5-11-28-26)15-24(32)30-21-12-18(27)22(34-2)14-23(21)35-3/h5-12,14H,4,13,15H2,1-3H3,(H,30,32). The number of methoxy groups -OCH3 is 2. The third kappa shape index (κ3) is 5.27. The molecule has 0 bridgehead atoms. The summed E-state index contributed by atoms with van der Waals surface area (Å²) in [5, 5.41) is 3.08. The molecule has 1 aliphatic rings. The van der Waals surface area contributed by atoms with Gasteiger partial charge < -0.3 is 14.8 Å². The second kappa shape index (κ2) is 10.6. The average molecular weight is 493 g/mol. The smallest absolute Gasteiger partial charge is 0.244 e. The van der Waals surface area contributed by atoms with E-state index in [1.807, 2.05) is 24.3 Å². The summed E-state index contributed by atoms with van der Waals surface area (Å²) in [6.45, 7) is 1.83. The van der Waals surface area contributed by atoms with Crippen molar-refractivity contribution < 1.29 is 19.1 Å². The SMILES string of the molecule is CCc1ccc(C2=Nc3cccnc3N(CC(=O)Nc3cc(Cl)c(OC)cc3OC)C(=O)C2)cc1. The van der Waals surface area contributed by atoms with Crippen LogP contribution in [0.1, 0.15) is 24.5 Å². The molecule has 0 saturated carbocycles. The lowest BCUT2D eigenvalue weighted by atomic mass is 10.0. The molecule has 0 aliphatic carbocycles. The van der Waals surface area contributed by atoms with Gasteiger partial charge in [0.1, 0.15) is 23.7 Å². The number of carbonyl (C=O) groups excluding carboxylic acids is 2. The Labute approximate surface area is 208 Å². The number of amides is 2. The fourth-order valence-electron chi connectivity index (χ4n) is 3.78. The van der Waals surface area contributed by atoms with Gasteiger partial charge in [0.25, 0.3) is 0 Å². The van der Waals surface area contributed by atoms with Crippen molar-refractivity contribution >= 4 is 46.3 Å². The van der Waals surface area contributed by atoms with E-state index in [1.165, 1.54) is 30.7 Å². The number of hydrogen-bond donors (Lipinski definition) is 1. The van der Waals surface area contributed by atoms with Gasteiger partial charge in [-0.2, -0.15) is 0 Å². The maximum Gasteiger partial charge on any atom is 0.244 e. The number of pyridine rings is 1. The zero-order valence-corrected chi connectivity index (χ0v) is 20.4. The second-order valence-electron chi connectivity index (χ2n) is 7.85. The molecule has 1 aliphatic heterocycles. The molecular weight excluding hydrogens is 468 g/mol. The van der Waals surface area contributed by atoms with E-state index in [1.54, 1.807) is 24.4 Å². The topological polar surface area (TPSA) is 93.1 Å². The Kier molecular flexibility index (Phi) is 7.31. The molecule has 2 amide bonds. The van der Waals surface area contributed by atoms with Crippen molar-refractivity contribution in [2.24, 2.45) is 4.99 Å². The molecule has 1 N–H and O–H groups in total. The van der Waals surface area contributed by atoms with Gasteiger partial charge in [-0.25, -0.2) is 9.98 Å². The summed E-state index contributed by atoms with van der Waals surface area (Å²) in [6, 6.07) is 14.6. The molecule has 0 saturated heterocycles. The molecule has 35 heavy (non-hydrogen) atoms. The summed E-state index contributed by atoms with van der Waals surface area (Å²) >= 11 is 6.22. The van der Waals surface area contributed by atoms with E-state index < -0.39 is 5.91 Å². The number of nitrogens with one attached hydrogen (secondary N) is 1. The lowest BCUT2D eigenvalue weighted by Gasteiger charge is -2.21. The molecule has 9 heteroatoms. The molecule has 4 rings (SSSR count). The van der Waals surface area contributed by atoms with Gasteiger partial charge in [-0.3, -0.25) is 14.5 Å². The van der Waals surface area contributed by atoms with E-state index in [2.05, 4.69) is 17.2 Å². The number of ether oxygens (including phenoxy) is 2. The fraction of sp³-hybridized carbons (Fsp3) is 0.231. The van der Waals surface area contributed by atoms with Crippen molar-refractivity contribution in [2.45, 2.75) is 19.8 Å². The zero-order chi connectivity index (χ0) is 24.9. The predicted molar refractivity (Wildman–Crippen MR) is 136 cm³/mol. The largest absolute Gasteiger partial charge is 0.495 e. The second-order valence-corrected chi connectivity index (χ2v) is 8.25. The van der Waals surface area contributed by atoms with Crippen molar-refractivity contribution in [3.8, 4) is 11.5 Å². The van der Waals surface area contributed by atoms with Gasteiger partial charge in [-0.15, -0.1) is 0 Å². The highest BCUT2D eigenvalue weighted by Crippen LogP contribution is 2.36. The van der Waals surface area contributed by atoms with Gasteiger partial charge in [0, 0.05) is 12.3 Å². The van der Waals surface area contributed by atoms with Crippen LogP contribution in [0.5, 0.6) is 11.5 Å². The number of benzene rings is 2. The van der Waals surface area contributed by atoms with Crippen molar-refractivity contribution in [1.29, 1.82) is 0 Å². The van der Waals surface area contributed by atoms with Crippen molar-refractivity contribution in [1.82, 2.24) is 4.98 Å². The quantitative estimate of drug-likeness (QED) is 0.511. The predicted octanol–water partition coefficient (Wildman–Crippen LogP) is 4.81. The molecule has 0 fully saturated rings. The van der Waals surface area contributed by atoms with E-state index in [0.717, 1.165) is 12.0 Å². The van der Waals surface area contributed by atoms with Crippen LogP contribution in [0.4, 0.5) is 17.2 Å². The minimum Gasteiger partial charge on any atom is -0.495 e. The van der Waals surface area contributed by atoms with Crippen LogP contribution in [0.3, 0.4) is 0 Å². The first-order valence-electron chi connectivity index (χ1n) is 11.1. The molecule has 0 spiro atoms. The Bertz CT molecular complexity index is 1290. The van der Waals surface area contributed by atoms with Crippen LogP contribution in [0, 0.1) is 0 Å². The molecule has 2 aromatic carbocycles. The summed E-state index contributed by atoms with van der Waals surface area (Å²) in [4.78, 5) is 36.7. The number of aromatic nitrogens is 1. The fourth-order valence-corrected chi connectivity index (χ4v) is 4.02. The molecule has 3 aromatic rings. The zero-order valence-electron chi connectivity index (χ0n) is 19.7. The van der Waals surface area contributed by atoms with Crippen molar-refractivity contribution in [2.75, 3.05) is 31.0 Å². The normalized spacial score (nSPS) is 13.0. The van der Waals surface area contributed by atoms with E-state index in [4.69, 9.17) is 26.1 Å². The van der Waals surface area contributed by atoms with Gasteiger partial charge in [0.2, 0.25) is 11.8 Å². The van der Waals surface area contributed by atoms with Gasteiger partial charge in [-0.05, 0) is 35.7 Å². The Hall–Kier alpha value is -3.91. The van der Waals surface area contributed by atoms with Crippen LogP contribution >= 0.6 is 11.6 Å².